The molecule has 2 unspecified atom stereocenters. The Balaban J connectivity index is 1.55. The van der Waals surface area contributed by atoms with Gasteiger partial charge in [-0.05, 0) is 55.0 Å². The summed E-state index contributed by atoms with van der Waals surface area (Å²) in [5.41, 5.74) is 7.06. The standard InChI is InChI=1S/C29H42N4O6S2/c1-21(2)19-33(41(38,39)27-14-12-25(30)13-15-27)26(20-34)9-5-6-16-31-29(35)28(32-40(36)37)18-22-10-11-23-7-3-4-8-24(23)17-22/h3-4,7-8,10-15,17,21,23-24,26,28,34,40H,5-6,9,16,18-20,30H2,1-2H3,(H,31,35)(H,32,36,37)/t23?,24?,26-,28-/m0/s1. The molecule has 4 atom stereocenters. The molecule has 12 heteroatoms. The van der Waals surface area contributed by atoms with Crippen molar-refractivity contribution < 1.29 is 26.7 Å². The number of carbonyl (C=O) groups is 1. The third kappa shape index (κ3) is 9.64. The van der Waals surface area contributed by atoms with E-state index in [1.165, 1.54) is 28.6 Å². The lowest BCUT2D eigenvalue weighted by atomic mass is 9.82. The molecule has 0 heterocycles. The summed E-state index contributed by atoms with van der Waals surface area (Å²) in [4.78, 5) is 13.0. The summed E-state index contributed by atoms with van der Waals surface area (Å²) in [6.45, 7) is 4.01. The van der Waals surface area contributed by atoms with E-state index in [1.54, 1.807) is 0 Å². The minimum atomic E-state index is -3.86. The molecule has 2 aliphatic carbocycles. The van der Waals surface area contributed by atoms with Gasteiger partial charge in [0.2, 0.25) is 26.8 Å². The number of carbonyl (C=O) groups excluding carboxylic acids is 1. The summed E-state index contributed by atoms with van der Waals surface area (Å²) >= 11 is 0. The van der Waals surface area contributed by atoms with E-state index >= 15 is 0 Å². The van der Waals surface area contributed by atoms with Crippen LogP contribution >= 0.6 is 0 Å². The predicted molar refractivity (Wildman–Crippen MR) is 162 cm³/mol. The molecular formula is C29H42N4O6S2. The molecular weight excluding hydrogens is 564 g/mol. The molecule has 0 aromatic heterocycles. The van der Waals surface area contributed by atoms with Gasteiger partial charge in [-0.1, -0.05) is 62.8 Å². The van der Waals surface area contributed by atoms with Crippen molar-refractivity contribution in [2.45, 2.75) is 56.5 Å². The fourth-order valence-electron chi connectivity index (χ4n) is 4.98. The maximum absolute atomic E-state index is 13.4. The molecule has 41 heavy (non-hydrogen) atoms. The topological polar surface area (TPSA) is 159 Å². The fourth-order valence-corrected chi connectivity index (χ4v) is 7.25. The average Bonchev–Trinajstić information content (AvgIpc) is 2.93. The Labute approximate surface area is 245 Å². The number of nitrogens with two attached hydrogens (primary N) is 1. The maximum Gasteiger partial charge on any atom is 0.243 e. The molecule has 226 valence electrons. The Morgan fingerprint density at radius 3 is 2.39 bits per heavy atom. The van der Waals surface area contributed by atoms with Crippen molar-refractivity contribution in [2.75, 3.05) is 25.4 Å². The number of aliphatic hydroxyl groups excluding tert-OH is 1. The SMILES string of the molecule is CC(C)CN([C@H](CO)CCCCNC(=O)[C@H](CC1=CC2C=CC=CC2C=C1)N[SH](=O)=O)S(=O)(=O)c1ccc(N)cc1. The van der Waals surface area contributed by atoms with Crippen molar-refractivity contribution in [1.82, 2.24) is 14.3 Å². The third-order valence-electron chi connectivity index (χ3n) is 7.09. The van der Waals surface area contributed by atoms with Crippen LogP contribution < -0.4 is 15.8 Å². The Kier molecular flexibility index (Phi) is 12.3. The molecule has 0 saturated carbocycles. The van der Waals surface area contributed by atoms with Crippen molar-refractivity contribution >= 4 is 32.5 Å². The first-order chi connectivity index (χ1) is 19.5. The van der Waals surface area contributed by atoms with Crippen LogP contribution in [0.5, 0.6) is 0 Å². The number of nitrogens with zero attached hydrogens (tertiary/aromatic N) is 1. The lowest BCUT2D eigenvalue weighted by molar-refractivity contribution is -0.122. The number of amides is 1. The molecule has 10 nitrogen and oxygen atoms in total. The normalized spacial score (nSPS) is 19.8. The van der Waals surface area contributed by atoms with Gasteiger partial charge in [-0.3, -0.25) is 4.79 Å². The molecule has 1 amide bonds. The summed E-state index contributed by atoms with van der Waals surface area (Å²) < 4.78 is 53.3. The van der Waals surface area contributed by atoms with Gasteiger partial charge >= 0.3 is 0 Å². The van der Waals surface area contributed by atoms with Crippen molar-refractivity contribution in [3.05, 3.63) is 72.4 Å². The van der Waals surface area contributed by atoms with E-state index in [0.717, 1.165) is 5.57 Å². The first-order valence-corrected chi connectivity index (χ1v) is 16.5. The molecule has 1 aromatic carbocycles. The number of anilines is 1. The second-order valence-corrected chi connectivity index (χ2v) is 13.5. The largest absolute Gasteiger partial charge is 0.399 e. The van der Waals surface area contributed by atoms with E-state index in [-0.39, 0.29) is 48.8 Å². The highest BCUT2D eigenvalue weighted by Crippen LogP contribution is 2.29. The molecule has 0 spiro atoms. The van der Waals surface area contributed by atoms with Gasteiger partial charge in [0.1, 0.15) is 6.04 Å². The minimum Gasteiger partial charge on any atom is -0.399 e. The fraction of sp³-hybridized carbons (Fsp3) is 0.483. The number of nitrogens with one attached hydrogen (secondary N) is 2. The van der Waals surface area contributed by atoms with Gasteiger partial charge in [0.15, 0.2) is 0 Å². The number of allylic oxidation sites excluding steroid dienone is 7. The van der Waals surface area contributed by atoms with Crippen LogP contribution in [0.15, 0.2) is 77.3 Å². The number of unbranched alkanes of at least 4 members (excludes halogenated alkanes) is 1. The average molecular weight is 607 g/mol. The van der Waals surface area contributed by atoms with Crippen molar-refractivity contribution in [3.63, 3.8) is 0 Å². The van der Waals surface area contributed by atoms with Gasteiger partial charge in [0.05, 0.1) is 11.5 Å². The predicted octanol–water partition coefficient (Wildman–Crippen LogP) is 2.29. The van der Waals surface area contributed by atoms with E-state index < -0.39 is 38.9 Å². The van der Waals surface area contributed by atoms with E-state index in [4.69, 9.17) is 5.73 Å². The number of benzene rings is 1. The van der Waals surface area contributed by atoms with Crippen molar-refractivity contribution in [2.24, 2.45) is 17.8 Å². The Bertz CT molecular complexity index is 1330. The van der Waals surface area contributed by atoms with Crippen LogP contribution in [0.3, 0.4) is 0 Å². The third-order valence-corrected chi connectivity index (χ3v) is 9.55. The number of sulfonamides is 1. The molecule has 1 aromatic rings. The number of thiol groups is 1. The summed E-state index contributed by atoms with van der Waals surface area (Å²) in [5, 5.41) is 12.9. The minimum absolute atomic E-state index is 0.0365. The zero-order valence-corrected chi connectivity index (χ0v) is 25.3. The quantitative estimate of drug-likeness (QED) is 0.110. The van der Waals surface area contributed by atoms with Crippen LogP contribution in [0.2, 0.25) is 0 Å². The summed E-state index contributed by atoms with van der Waals surface area (Å²) in [5.74, 6) is 0.0596. The summed E-state index contributed by atoms with van der Waals surface area (Å²) in [6.07, 6.45) is 15.9. The number of nitrogen functional groups attached to an aromatic ring is 1. The highest BCUT2D eigenvalue weighted by Gasteiger charge is 2.31. The van der Waals surface area contributed by atoms with E-state index in [2.05, 4.69) is 34.3 Å². The van der Waals surface area contributed by atoms with Crippen LogP contribution in [0, 0.1) is 17.8 Å². The van der Waals surface area contributed by atoms with Gasteiger partial charge in [0.25, 0.3) is 0 Å². The molecule has 2 aliphatic rings. The smallest absolute Gasteiger partial charge is 0.243 e. The van der Waals surface area contributed by atoms with Gasteiger partial charge in [-0.2, -0.15) is 4.31 Å². The first-order valence-electron chi connectivity index (χ1n) is 13.9. The van der Waals surface area contributed by atoms with E-state index in [1.807, 2.05) is 32.1 Å². The van der Waals surface area contributed by atoms with Gasteiger partial charge < -0.3 is 16.2 Å². The van der Waals surface area contributed by atoms with Crippen LogP contribution in [0.1, 0.15) is 39.5 Å². The van der Waals surface area contributed by atoms with Crippen molar-refractivity contribution in [3.8, 4) is 0 Å². The zero-order valence-electron chi connectivity index (χ0n) is 23.6. The van der Waals surface area contributed by atoms with Crippen LogP contribution in [-0.4, -0.2) is 63.9 Å². The number of rotatable bonds is 16. The molecule has 0 bridgehead atoms. The highest BCUT2D eigenvalue weighted by molar-refractivity contribution is 7.89. The highest BCUT2D eigenvalue weighted by atomic mass is 32.2. The number of fused-ring (bicyclic) bond motifs is 1. The molecule has 0 fully saturated rings. The molecule has 3 rings (SSSR count). The van der Waals surface area contributed by atoms with Crippen LogP contribution in [-0.2, 0) is 25.7 Å². The molecule has 0 radical (unpaired) electrons. The second-order valence-electron chi connectivity index (χ2n) is 10.8. The number of hydrogen-bond donors (Lipinski definition) is 5. The van der Waals surface area contributed by atoms with Crippen molar-refractivity contribution in [1.29, 1.82) is 0 Å². The van der Waals surface area contributed by atoms with Gasteiger partial charge in [-0.15, -0.1) is 0 Å². The van der Waals surface area contributed by atoms with Gasteiger partial charge in [-0.25, -0.2) is 21.6 Å². The maximum atomic E-state index is 13.4. The van der Waals surface area contributed by atoms with Gasteiger partial charge in [0, 0.05) is 36.7 Å². The lowest BCUT2D eigenvalue weighted by Crippen LogP contribution is -2.45. The first kappa shape index (κ1) is 32.7. The molecule has 0 aliphatic heterocycles. The van der Waals surface area contributed by atoms with Crippen LogP contribution in [0.25, 0.3) is 0 Å². The molecule has 5 N–H and O–H groups in total. The van der Waals surface area contributed by atoms with E-state index in [9.17, 15) is 26.7 Å². The Morgan fingerprint density at radius 1 is 1.07 bits per heavy atom. The summed E-state index contributed by atoms with van der Waals surface area (Å²) in [6, 6.07) is 4.41. The summed E-state index contributed by atoms with van der Waals surface area (Å²) in [7, 11) is -6.84. The monoisotopic (exact) mass is 606 g/mol. The van der Waals surface area contributed by atoms with Crippen LogP contribution in [0.4, 0.5) is 5.69 Å². The number of aliphatic hydroxyl groups is 1. The van der Waals surface area contributed by atoms with E-state index in [0.29, 0.717) is 24.9 Å². The number of hydrogen-bond acceptors (Lipinski definition) is 7. The zero-order chi connectivity index (χ0) is 30.0. The lowest BCUT2D eigenvalue weighted by Gasteiger charge is -2.31. The Hall–Kier alpha value is -2.77. The molecule has 0 saturated heterocycles. The Morgan fingerprint density at radius 2 is 1.76 bits per heavy atom. The second kappa shape index (κ2) is 15.5.